The van der Waals surface area contributed by atoms with Gasteiger partial charge in [0.1, 0.15) is 23.9 Å². The Balaban J connectivity index is 1.73. The van der Waals surface area contributed by atoms with E-state index >= 15 is 0 Å². The Morgan fingerprint density at radius 3 is 2.38 bits per heavy atom. The Labute approximate surface area is 214 Å². The van der Waals surface area contributed by atoms with Crippen molar-refractivity contribution in [3.05, 3.63) is 83.6 Å². The number of furan rings is 1. The lowest BCUT2D eigenvalue weighted by Gasteiger charge is -2.33. The molecule has 4 rings (SSSR count). The molecule has 0 spiro atoms. The average molecular weight is 505 g/mol. The molecule has 2 heterocycles. The topological polar surface area (TPSA) is 106 Å². The first kappa shape index (κ1) is 25.7. The van der Waals surface area contributed by atoms with Crippen LogP contribution in [0.4, 0.5) is 10.1 Å². The number of anilines is 1. The summed E-state index contributed by atoms with van der Waals surface area (Å²) < 4.78 is 19.2. The molecule has 0 saturated heterocycles. The highest BCUT2D eigenvalue weighted by molar-refractivity contribution is 6.01. The molecule has 2 amide bonds. The summed E-state index contributed by atoms with van der Waals surface area (Å²) >= 11 is 0. The summed E-state index contributed by atoms with van der Waals surface area (Å²) in [5.41, 5.74) is 1.36. The number of hydrogen-bond acceptors (Lipinski definition) is 6. The normalized spacial score (nSPS) is 12.3. The lowest BCUT2D eigenvalue weighted by atomic mass is 10.0. The van der Waals surface area contributed by atoms with Crippen LogP contribution in [0.15, 0.2) is 65.1 Å². The summed E-state index contributed by atoms with van der Waals surface area (Å²) in [5.74, 6) is -0.0265. The van der Waals surface area contributed by atoms with Crippen LogP contribution in [0.1, 0.15) is 43.9 Å². The van der Waals surface area contributed by atoms with Crippen molar-refractivity contribution in [2.75, 3.05) is 4.90 Å². The number of tetrazole rings is 1. The molecule has 2 aromatic heterocycles. The third kappa shape index (κ3) is 6.08. The van der Waals surface area contributed by atoms with E-state index in [4.69, 9.17) is 4.42 Å². The van der Waals surface area contributed by atoms with E-state index in [-0.39, 0.29) is 18.2 Å². The monoisotopic (exact) mass is 504 g/mol. The molecule has 0 aliphatic carbocycles. The first-order valence-corrected chi connectivity index (χ1v) is 11.8. The van der Waals surface area contributed by atoms with E-state index in [0.717, 1.165) is 10.4 Å². The summed E-state index contributed by atoms with van der Waals surface area (Å²) in [4.78, 5) is 30.1. The molecule has 0 bridgehead atoms. The van der Waals surface area contributed by atoms with Crippen molar-refractivity contribution in [3.63, 3.8) is 0 Å². The molecule has 0 radical (unpaired) electrons. The molecule has 10 heteroatoms. The number of aryl methyl sites for hydroxylation is 2. The van der Waals surface area contributed by atoms with E-state index in [0.29, 0.717) is 22.8 Å². The average Bonchev–Trinajstić information content (AvgIpc) is 3.46. The van der Waals surface area contributed by atoms with Gasteiger partial charge in [-0.3, -0.25) is 14.5 Å². The van der Waals surface area contributed by atoms with Gasteiger partial charge < -0.3 is 9.73 Å². The highest BCUT2D eigenvalue weighted by atomic mass is 19.1. The van der Waals surface area contributed by atoms with Gasteiger partial charge in [-0.15, -0.1) is 10.2 Å². The number of nitrogens with zero attached hydrogens (tertiary/aromatic N) is 5. The molecule has 2 aromatic carbocycles. The zero-order chi connectivity index (χ0) is 26.7. The van der Waals surface area contributed by atoms with Gasteiger partial charge in [0.25, 0.3) is 11.8 Å². The maximum absolute atomic E-state index is 13.9. The number of carbonyl (C=O) groups excluding carboxylic acids is 2. The zero-order valence-corrected chi connectivity index (χ0v) is 21.4. The molecule has 9 nitrogen and oxygen atoms in total. The predicted molar refractivity (Wildman–Crippen MR) is 136 cm³/mol. The van der Waals surface area contributed by atoms with Crippen molar-refractivity contribution in [2.24, 2.45) is 0 Å². The number of hydrogen-bond donors (Lipinski definition) is 1. The summed E-state index contributed by atoms with van der Waals surface area (Å²) in [5, 5.41) is 15.3. The number of aromatic nitrogens is 4. The number of nitrogens with one attached hydrogen (secondary N) is 1. The van der Waals surface area contributed by atoms with E-state index in [1.807, 2.05) is 39.8 Å². The Kier molecular flexibility index (Phi) is 7.19. The van der Waals surface area contributed by atoms with E-state index < -0.39 is 23.4 Å². The number of para-hydroxylation sites is 1. The highest BCUT2D eigenvalue weighted by Gasteiger charge is 2.37. The van der Waals surface area contributed by atoms with Gasteiger partial charge in [-0.2, -0.15) is 4.80 Å². The second kappa shape index (κ2) is 10.3. The second-order valence-corrected chi connectivity index (χ2v) is 9.79. The van der Waals surface area contributed by atoms with Crippen LogP contribution < -0.4 is 10.2 Å². The van der Waals surface area contributed by atoms with E-state index in [9.17, 15) is 14.0 Å². The maximum Gasteiger partial charge on any atom is 0.251 e. The lowest BCUT2D eigenvalue weighted by molar-refractivity contribution is -0.128. The molecule has 37 heavy (non-hydrogen) atoms. The van der Waals surface area contributed by atoms with Crippen molar-refractivity contribution in [3.8, 4) is 11.4 Å². The van der Waals surface area contributed by atoms with Crippen LogP contribution in [0.3, 0.4) is 0 Å². The van der Waals surface area contributed by atoms with Gasteiger partial charge in [0, 0.05) is 16.8 Å². The molecule has 4 aromatic rings. The molecular weight excluding hydrogens is 475 g/mol. The molecule has 1 atom stereocenters. The second-order valence-electron chi connectivity index (χ2n) is 9.79. The van der Waals surface area contributed by atoms with Crippen LogP contribution in [0, 0.1) is 19.7 Å². The third-order valence-corrected chi connectivity index (χ3v) is 5.51. The van der Waals surface area contributed by atoms with Gasteiger partial charge in [-0.25, -0.2) is 4.39 Å². The van der Waals surface area contributed by atoms with Gasteiger partial charge in [0.05, 0.1) is 0 Å². The fourth-order valence-electron chi connectivity index (χ4n) is 3.89. The van der Waals surface area contributed by atoms with Gasteiger partial charge in [-0.1, -0.05) is 18.2 Å². The molecule has 0 fully saturated rings. The number of halogens is 1. The minimum Gasteiger partial charge on any atom is -0.464 e. The molecule has 0 saturated carbocycles. The van der Waals surface area contributed by atoms with Gasteiger partial charge in [0.2, 0.25) is 5.82 Å². The van der Waals surface area contributed by atoms with Crippen LogP contribution >= 0.6 is 0 Å². The molecular formula is C27H29FN6O3. The summed E-state index contributed by atoms with van der Waals surface area (Å²) in [7, 11) is 0. The highest BCUT2D eigenvalue weighted by Crippen LogP contribution is 2.32. The standard InChI is InChI=1S/C27H29FN6O3/c1-17-8-6-7-9-21(17)34(24(22-15-10-18(2)37-22)26(36)29-27(3,4)5)23(35)16-33-31-25(30-32-33)19-11-13-20(28)14-12-19/h6-15,24H,16H2,1-5H3,(H,29,36). The summed E-state index contributed by atoms with van der Waals surface area (Å²) in [6, 6.07) is 15.3. The Hall–Kier alpha value is -4.34. The number of amides is 2. The minimum absolute atomic E-state index is 0.249. The molecule has 0 aliphatic rings. The van der Waals surface area contributed by atoms with Crippen molar-refractivity contribution >= 4 is 17.5 Å². The van der Waals surface area contributed by atoms with Crippen molar-refractivity contribution in [1.82, 2.24) is 25.5 Å². The molecule has 1 unspecified atom stereocenters. The minimum atomic E-state index is -1.08. The zero-order valence-electron chi connectivity index (χ0n) is 21.4. The lowest BCUT2D eigenvalue weighted by Crippen LogP contribution is -2.50. The number of rotatable bonds is 7. The number of benzene rings is 2. The number of carbonyl (C=O) groups is 2. The van der Waals surface area contributed by atoms with Crippen molar-refractivity contribution in [2.45, 2.75) is 52.7 Å². The van der Waals surface area contributed by atoms with Crippen LogP contribution in [-0.4, -0.2) is 37.6 Å². The predicted octanol–water partition coefficient (Wildman–Crippen LogP) is 4.38. The third-order valence-electron chi connectivity index (χ3n) is 5.51. The van der Waals surface area contributed by atoms with Crippen molar-refractivity contribution in [1.29, 1.82) is 0 Å². The Morgan fingerprint density at radius 1 is 1.05 bits per heavy atom. The van der Waals surface area contributed by atoms with E-state index in [1.54, 1.807) is 31.2 Å². The van der Waals surface area contributed by atoms with Crippen LogP contribution in [0.25, 0.3) is 11.4 Å². The summed E-state index contributed by atoms with van der Waals surface area (Å²) in [6.45, 7) is 8.95. The van der Waals surface area contributed by atoms with Gasteiger partial charge in [0.15, 0.2) is 6.04 Å². The molecule has 1 N–H and O–H groups in total. The van der Waals surface area contributed by atoms with E-state index in [1.165, 1.54) is 29.2 Å². The maximum atomic E-state index is 13.9. The largest absolute Gasteiger partial charge is 0.464 e. The van der Waals surface area contributed by atoms with Gasteiger partial charge >= 0.3 is 0 Å². The quantitative estimate of drug-likeness (QED) is 0.400. The Bertz CT molecular complexity index is 1400. The Morgan fingerprint density at radius 2 is 1.76 bits per heavy atom. The first-order chi connectivity index (χ1) is 17.5. The van der Waals surface area contributed by atoms with Crippen LogP contribution in [-0.2, 0) is 16.1 Å². The SMILES string of the molecule is Cc1ccc(C(C(=O)NC(C)(C)C)N(C(=O)Cn2nnc(-c3ccc(F)cc3)n2)c2ccccc2C)o1. The molecule has 192 valence electrons. The molecule has 0 aliphatic heterocycles. The van der Waals surface area contributed by atoms with Gasteiger partial charge in [-0.05, 0) is 87.9 Å². The van der Waals surface area contributed by atoms with Crippen molar-refractivity contribution < 1.29 is 18.4 Å². The van der Waals surface area contributed by atoms with Crippen LogP contribution in [0.2, 0.25) is 0 Å². The fourth-order valence-corrected chi connectivity index (χ4v) is 3.89. The van der Waals surface area contributed by atoms with E-state index in [2.05, 4.69) is 20.7 Å². The fraction of sp³-hybridized carbons (Fsp3) is 0.296. The van der Waals surface area contributed by atoms with Crippen LogP contribution in [0.5, 0.6) is 0 Å². The smallest absolute Gasteiger partial charge is 0.251 e. The first-order valence-electron chi connectivity index (χ1n) is 11.8. The summed E-state index contributed by atoms with van der Waals surface area (Å²) in [6.07, 6.45) is 0.